The lowest BCUT2D eigenvalue weighted by Crippen LogP contribution is -2.52. The van der Waals surface area contributed by atoms with Crippen molar-refractivity contribution in [2.45, 2.75) is 57.1 Å². The van der Waals surface area contributed by atoms with Crippen molar-refractivity contribution < 1.29 is 19.1 Å². The summed E-state index contributed by atoms with van der Waals surface area (Å²) in [6.07, 6.45) is 2.83. The van der Waals surface area contributed by atoms with Crippen LogP contribution in [0.4, 0.5) is 0 Å². The minimum atomic E-state index is -0.305. The van der Waals surface area contributed by atoms with Gasteiger partial charge in [0, 0.05) is 51.4 Å². The molecule has 2 amide bonds. The molecule has 1 aromatic rings. The maximum absolute atomic E-state index is 12.4. The van der Waals surface area contributed by atoms with Crippen LogP contribution in [0.1, 0.15) is 51.0 Å². The highest BCUT2D eigenvalue weighted by Crippen LogP contribution is 2.46. The van der Waals surface area contributed by atoms with Crippen molar-refractivity contribution in [2.24, 2.45) is 0 Å². The van der Waals surface area contributed by atoms with Crippen LogP contribution in [0.5, 0.6) is 5.75 Å². The van der Waals surface area contributed by atoms with Gasteiger partial charge in [0.1, 0.15) is 18.0 Å². The van der Waals surface area contributed by atoms with Crippen LogP contribution in [0, 0.1) is 0 Å². The van der Waals surface area contributed by atoms with E-state index in [0.717, 1.165) is 30.6 Å². The summed E-state index contributed by atoms with van der Waals surface area (Å²) < 4.78 is 11.4. The third-order valence-corrected chi connectivity index (χ3v) is 5.48. The Balaban J connectivity index is 1.74. The molecular weight excluding hydrogens is 344 g/mol. The molecule has 1 atom stereocenters. The molecule has 0 bridgehead atoms. The average molecular weight is 374 g/mol. The number of nitrogens with one attached hydrogen (secondary N) is 1. The first-order valence-electron chi connectivity index (χ1n) is 9.76. The number of piperidine rings is 1. The van der Waals surface area contributed by atoms with Gasteiger partial charge in [0.25, 0.3) is 0 Å². The van der Waals surface area contributed by atoms with E-state index in [-0.39, 0.29) is 36.0 Å². The Morgan fingerprint density at radius 3 is 2.67 bits per heavy atom. The minimum absolute atomic E-state index is 0.0245. The van der Waals surface area contributed by atoms with Crippen LogP contribution in [0.2, 0.25) is 0 Å². The molecule has 1 aromatic carbocycles. The van der Waals surface area contributed by atoms with Crippen LogP contribution >= 0.6 is 0 Å². The first-order valence-corrected chi connectivity index (χ1v) is 9.76. The molecule has 1 spiro atoms. The highest BCUT2D eigenvalue weighted by molar-refractivity contribution is 5.78. The maximum Gasteiger partial charge on any atom is 0.248 e. The Morgan fingerprint density at radius 2 is 2.00 bits per heavy atom. The van der Waals surface area contributed by atoms with Crippen molar-refractivity contribution >= 4 is 11.8 Å². The van der Waals surface area contributed by atoms with Gasteiger partial charge in [0.2, 0.25) is 11.8 Å². The van der Waals surface area contributed by atoms with Crippen LogP contribution in [0.3, 0.4) is 0 Å². The number of hydrogen-bond acceptors (Lipinski definition) is 4. The van der Waals surface area contributed by atoms with Crippen molar-refractivity contribution in [2.75, 3.05) is 26.8 Å². The summed E-state index contributed by atoms with van der Waals surface area (Å²) in [4.78, 5) is 26.3. The zero-order valence-corrected chi connectivity index (χ0v) is 16.5. The van der Waals surface area contributed by atoms with E-state index in [4.69, 9.17) is 9.47 Å². The van der Waals surface area contributed by atoms with Gasteiger partial charge in [-0.15, -0.1) is 0 Å². The molecule has 6 nitrogen and oxygen atoms in total. The molecule has 0 aliphatic carbocycles. The van der Waals surface area contributed by atoms with Crippen molar-refractivity contribution in [1.82, 2.24) is 10.2 Å². The summed E-state index contributed by atoms with van der Waals surface area (Å²) in [5.41, 5.74) is 0.806. The molecule has 6 heteroatoms. The van der Waals surface area contributed by atoms with Gasteiger partial charge in [0.05, 0.1) is 0 Å². The van der Waals surface area contributed by atoms with Gasteiger partial charge in [-0.2, -0.15) is 0 Å². The number of para-hydroxylation sites is 1. The molecule has 3 rings (SSSR count). The first kappa shape index (κ1) is 19.7. The lowest BCUT2D eigenvalue weighted by molar-refractivity contribution is -0.139. The summed E-state index contributed by atoms with van der Waals surface area (Å²) in [5.74, 6) is 1.11. The second kappa shape index (κ2) is 8.30. The number of hydrogen-bond donors (Lipinski definition) is 1. The molecule has 0 unspecified atom stereocenters. The van der Waals surface area contributed by atoms with Gasteiger partial charge in [0.15, 0.2) is 0 Å². The van der Waals surface area contributed by atoms with Gasteiger partial charge in [-0.05, 0) is 31.9 Å². The minimum Gasteiger partial charge on any atom is -0.487 e. The lowest BCUT2D eigenvalue weighted by atomic mass is 9.76. The van der Waals surface area contributed by atoms with Gasteiger partial charge in [-0.25, -0.2) is 0 Å². The number of carbonyl (C=O) groups is 2. The normalized spacial score (nSPS) is 20.9. The fraction of sp³-hybridized carbons (Fsp3) is 0.619. The van der Waals surface area contributed by atoms with Crippen LogP contribution in [-0.2, 0) is 14.3 Å². The molecule has 2 heterocycles. The third-order valence-electron chi connectivity index (χ3n) is 5.48. The summed E-state index contributed by atoms with van der Waals surface area (Å²) >= 11 is 0. The molecular formula is C21H30N2O4. The SMILES string of the molecule is COCC(=O)N1CCC2(CC1)C[C@H](CC(=O)NC(C)C)c1ccccc1O2. The number of nitrogens with zero attached hydrogens (tertiary/aromatic N) is 1. The number of carbonyl (C=O) groups excluding carboxylic acids is 2. The molecule has 27 heavy (non-hydrogen) atoms. The molecule has 1 saturated heterocycles. The summed E-state index contributed by atoms with van der Waals surface area (Å²) in [7, 11) is 1.54. The highest BCUT2D eigenvalue weighted by atomic mass is 16.5. The number of amides is 2. The number of likely N-dealkylation sites (tertiary alicyclic amines) is 1. The standard InChI is InChI=1S/C21H30N2O4/c1-15(2)22-19(24)12-16-13-21(27-18-7-5-4-6-17(16)18)8-10-23(11-9-21)20(25)14-26-3/h4-7,15-16H,8-14H2,1-3H3,(H,22,24)/t16-/m0/s1. The monoisotopic (exact) mass is 374 g/mol. The molecule has 0 aromatic heterocycles. The van der Waals surface area contributed by atoms with Crippen LogP contribution in [0.15, 0.2) is 24.3 Å². The Bertz CT molecular complexity index is 681. The Kier molecular flexibility index (Phi) is 6.05. The highest BCUT2D eigenvalue weighted by Gasteiger charge is 2.44. The van der Waals surface area contributed by atoms with E-state index in [2.05, 4.69) is 11.4 Å². The van der Waals surface area contributed by atoms with Gasteiger partial charge >= 0.3 is 0 Å². The molecule has 1 N–H and O–H groups in total. The summed E-state index contributed by atoms with van der Waals surface area (Å²) in [6, 6.07) is 8.16. The second-order valence-corrected chi connectivity index (χ2v) is 7.96. The largest absolute Gasteiger partial charge is 0.487 e. The van der Waals surface area contributed by atoms with E-state index in [1.54, 1.807) is 0 Å². The summed E-state index contributed by atoms with van der Waals surface area (Å²) in [6.45, 7) is 5.40. The molecule has 2 aliphatic heterocycles. The molecule has 0 radical (unpaired) electrons. The Labute approximate surface area is 161 Å². The Morgan fingerprint density at radius 1 is 1.30 bits per heavy atom. The topological polar surface area (TPSA) is 67.9 Å². The van der Waals surface area contributed by atoms with Crippen molar-refractivity contribution in [3.63, 3.8) is 0 Å². The quantitative estimate of drug-likeness (QED) is 0.860. The predicted molar refractivity (Wildman–Crippen MR) is 103 cm³/mol. The predicted octanol–water partition coefficient (Wildman–Crippen LogP) is 2.47. The van der Waals surface area contributed by atoms with Gasteiger partial charge in [-0.1, -0.05) is 18.2 Å². The number of fused-ring (bicyclic) bond motifs is 1. The first-order chi connectivity index (χ1) is 12.9. The second-order valence-electron chi connectivity index (χ2n) is 7.96. The summed E-state index contributed by atoms with van der Waals surface area (Å²) in [5, 5.41) is 3.00. The Hall–Kier alpha value is -2.08. The number of methoxy groups -OCH3 is 1. The van der Waals surface area contributed by atoms with E-state index in [9.17, 15) is 9.59 Å². The van der Waals surface area contributed by atoms with Crippen LogP contribution in [-0.4, -0.2) is 55.2 Å². The molecule has 148 valence electrons. The molecule has 0 saturated carbocycles. The van der Waals surface area contributed by atoms with E-state index in [0.29, 0.717) is 19.5 Å². The van der Waals surface area contributed by atoms with E-state index >= 15 is 0 Å². The number of ether oxygens (including phenoxy) is 2. The van der Waals surface area contributed by atoms with Gasteiger partial charge in [-0.3, -0.25) is 9.59 Å². The number of benzene rings is 1. The zero-order chi connectivity index (χ0) is 19.4. The van der Waals surface area contributed by atoms with E-state index in [1.807, 2.05) is 36.9 Å². The zero-order valence-electron chi connectivity index (χ0n) is 16.5. The molecule has 2 aliphatic rings. The average Bonchev–Trinajstić information content (AvgIpc) is 2.61. The van der Waals surface area contributed by atoms with Crippen molar-refractivity contribution in [3.05, 3.63) is 29.8 Å². The fourth-order valence-corrected chi connectivity index (χ4v) is 4.22. The van der Waals surface area contributed by atoms with Crippen molar-refractivity contribution in [3.8, 4) is 5.75 Å². The van der Waals surface area contributed by atoms with E-state index < -0.39 is 0 Å². The third kappa shape index (κ3) is 4.61. The lowest BCUT2D eigenvalue weighted by Gasteiger charge is -2.47. The van der Waals surface area contributed by atoms with Crippen molar-refractivity contribution in [1.29, 1.82) is 0 Å². The number of rotatable bonds is 5. The van der Waals surface area contributed by atoms with E-state index in [1.165, 1.54) is 7.11 Å². The van der Waals surface area contributed by atoms with Crippen LogP contribution < -0.4 is 10.1 Å². The molecule has 1 fully saturated rings. The maximum atomic E-state index is 12.4. The van der Waals surface area contributed by atoms with Gasteiger partial charge < -0.3 is 19.7 Å². The van der Waals surface area contributed by atoms with Crippen LogP contribution in [0.25, 0.3) is 0 Å². The smallest absolute Gasteiger partial charge is 0.248 e. The fourth-order valence-electron chi connectivity index (χ4n) is 4.22.